The zero-order valence-electron chi connectivity index (χ0n) is 14.9. The number of rotatable bonds is 7. The molecule has 2 atom stereocenters. The number of nitrogens with one attached hydrogen (secondary N) is 1. The van der Waals surface area contributed by atoms with E-state index < -0.39 is 18.3 Å². The van der Waals surface area contributed by atoms with E-state index in [1.165, 1.54) is 0 Å². The molecule has 0 fully saturated rings. The topological polar surface area (TPSA) is 78.8 Å². The maximum absolute atomic E-state index is 11.7. The van der Waals surface area contributed by atoms with Crippen LogP contribution in [0, 0.1) is 0 Å². The third kappa shape index (κ3) is 5.29. The summed E-state index contributed by atoms with van der Waals surface area (Å²) in [5.74, 6) is 0. The first-order valence-corrected chi connectivity index (χ1v) is 8.93. The summed E-state index contributed by atoms with van der Waals surface area (Å²) in [5, 5.41) is 25.3. The van der Waals surface area contributed by atoms with Crippen LogP contribution in [0.2, 0.25) is 0 Å². The summed E-state index contributed by atoms with van der Waals surface area (Å²) in [5.41, 5.74) is 1.55. The van der Waals surface area contributed by atoms with Crippen LogP contribution >= 0.6 is 0 Å². The Balaban J connectivity index is 1.45. The highest BCUT2D eigenvalue weighted by atomic mass is 16.5. The third-order valence-corrected chi connectivity index (χ3v) is 4.40. The fraction of sp³-hybridized carbons (Fsp3) is 0.227. The van der Waals surface area contributed by atoms with Gasteiger partial charge in [0.1, 0.15) is 12.7 Å². The van der Waals surface area contributed by atoms with Crippen molar-refractivity contribution < 1.29 is 19.7 Å². The van der Waals surface area contributed by atoms with Crippen LogP contribution in [0.3, 0.4) is 0 Å². The van der Waals surface area contributed by atoms with Crippen LogP contribution in [-0.2, 0) is 11.3 Å². The van der Waals surface area contributed by atoms with E-state index >= 15 is 0 Å². The van der Waals surface area contributed by atoms with Gasteiger partial charge < -0.3 is 20.3 Å². The lowest BCUT2D eigenvalue weighted by atomic mass is 9.99. The van der Waals surface area contributed by atoms with E-state index in [4.69, 9.17) is 4.74 Å². The van der Waals surface area contributed by atoms with Crippen LogP contribution < -0.4 is 5.32 Å². The Kier molecular flexibility index (Phi) is 6.41. The number of ether oxygens (including phenoxy) is 1. The van der Waals surface area contributed by atoms with Gasteiger partial charge in [0.05, 0.1) is 6.10 Å². The first-order chi connectivity index (χ1) is 13.1. The number of amides is 1. The molecule has 0 radical (unpaired) electrons. The van der Waals surface area contributed by atoms with Crippen molar-refractivity contribution >= 4 is 16.9 Å². The van der Waals surface area contributed by atoms with E-state index in [0.717, 1.165) is 16.3 Å². The van der Waals surface area contributed by atoms with Gasteiger partial charge in [0.2, 0.25) is 0 Å². The van der Waals surface area contributed by atoms with Gasteiger partial charge in [0.25, 0.3) is 0 Å². The second-order valence-electron chi connectivity index (χ2n) is 6.40. The molecule has 3 N–H and O–H groups in total. The molecule has 5 heteroatoms. The molecule has 0 bridgehead atoms. The zero-order chi connectivity index (χ0) is 19.1. The molecule has 3 aromatic carbocycles. The molecule has 3 aromatic rings. The Labute approximate surface area is 158 Å². The maximum Gasteiger partial charge on any atom is 0.407 e. The van der Waals surface area contributed by atoms with Gasteiger partial charge in [-0.2, -0.15) is 0 Å². The van der Waals surface area contributed by atoms with Crippen molar-refractivity contribution in [2.45, 2.75) is 25.2 Å². The quantitative estimate of drug-likeness (QED) is 0.598. The van der Waals surface area contributed by atoms with E-state index in [1.807, 2.05) is 66.7 Å². The summed E-state index contributed by atoms with van der Waals surface area (Å²) in [7, 11) is 0. The molecule has 0 aliphatic heterocycles. The lowest BCUT2D eigenvalue weighted by Crippen LogP contribution is -2.29. The molecular weight excluding hydrogens is 342 g/mol. The van der Waals surface area contributed by atoms with Gasteiger partial charge in [-0.3, -0.25) is 0 Å². The molecule has 0 saturated carbocycles. The number of alkyl carbamates (subject to hydrolysis) is 1. The van der Waals surface area contributed by atoms with E-state index in [1.54, 1.807) is 6.07 Å². The molecule has 0 spiro atoms. The number of hydrogen-bond donors (Lipinski definition) is 3. The van der Waals surface area contributed by atoms with Crippen LogP contribution in [0.25, 0.3) is 10.8 Å². The van der Waals surface area contributed by atoms with Crippen molar-refractivity contribution in [2.75, 3.05) is 6.54 Å². The minimum Gasteiger partial charge on any atom is -0.445 e. The number of aliphatic hydroxyl groups is 2. The zero-order valence-corrected chi connectivity index (χ0v) is 14.9. The van der Waals surface area contributed by atoms with E-state index in [2.05, 4.69) is 5.32 Å². The molecule has 0 saturated heterocycles. The molecule has 0 aliphatic carbocycles. The Hall–Kier alpha value is -2.89. The predicted octanol–water partition coefficient (Wildman–Crippen LogP) is 3.55. The molecule has 27 heavy (non-hydrogen) atoms. The third-order valence-electron chi connectivity index (χ3n) is 4.40. The van der Waals surface area contributed by atoms with Crippen LogP contribution in [0.1, 0.15) is 23.7 Å². The number of carbonyl (C=O) groups is 1. The lowest BCUT2D eigenvalue weighted by Gasteiger charge is -2.19. The predicted molar refractivity (Wildman–Crippen MR) is 104 cm³/mol. The van der Waals surface area contributed by atoms with E-state index in [0.29, 0.717) is 5.56 Å². The molecule has 5 nitrogen and oxygen atoms in total. The Morgan fingerprint density at radius 2 is 1.63 bits per heavy atom. The van der Waals surface area contributed by atoms with Gasteiger partial charge >= 0.3 is 6.09 Å². The molecular formula is C22H23NO4. The average Bonchev–Trinajstić information content (AvgIpc) is 2.72. The lowest BCUT2D eigenvalue weighted by molar-refractivity contribution is 0.0137. The highest BCUT2D eigenvalue weighted by Gasteiger charge is 2.18. The van der Waals surface area contributed by atoms with Gasteiger partial charge in [-0.1, -0.05) is 66.7 Å². The van der Waals surface area contributed by atoms with Crippen molar-refractivity contribution in [1.82, 2.24) is 5.32 Å². The molecule has 2 unspecified atom stereocenters. The number of benzene rings is 3. The smallest absolute Gasteiger partial charge is 0.407 e. The number of aliphatic hydroxyl groups excluding tert-OH is 2. The van der Waals surface area contributed by atoms with Gasteiger partial charge in [-0.25, -0.2) is 4.79 Å². The van der Waals surface area contributed by atoms with Crippen LogP contribution in [0.4, 0.5) is 4.79 Å². The average molecular weight is 365 g/mol. The van der Waals surface area contributed by atoms with Gasteiger partial charge in [-0.05, 0) is 34.4 Å². The van der Waals surface area contributed by atoms with Crippen molar-refractivity contribution in [3.8, 4) is 0 Å². The summed E-state index contributed by atoms with van der Waals surface area (Å²) in [6.07, 6.45) is -2.34. The van der Waals surface area contributed by atoms with Crippen molar-refractivity contribution in [3.63, 3.8) is 0 Å². The summed E-state index contributed by atoms with van der Waals surface area (Å²) >= 11 is 0. The maximum atomic E-state index is 11.7. The number of carbonyl (C=O) groups excluding carboxylic acids is 1. The van der Waals surface area contributed by atoms with E-state index in [-0.39, 0.29) is 19.6 Å². The molecule has 0 aromatic heterocycles. The second kappa shape index (κ2) is 9.16. The molecule has 1 amide bonds. The largest absolute Gasteiger partial charge is 0.445 e. The van der Waals surface area contributed by atoms with Crippen LogP contribution in [0.15, 0.2) is 72.8 Å². The Bertz CT molecular complexity index is 882. The molecule has 0 heterocycles. The number of hydrogen-bond acceptors (Lipinski definition) is 4. The molecule has 0 aliphatic rings. The highest BCUT2D eigenvalue weighted by molar-refractivity contribution is 5.83. The fourth-order valence-electron chi connectivity index (χ4n) is 2.87. The van der Waals surface area contributed by atoms with Crippen molar-refractivity contribution in [3.05, 3.63) is 83.9 Å². The van der Waals surface area contributed by atoms with Gasteiger partial charge in [0, 0.05) is 6.54 Å². The Morgan fingerprint density at radius 3 is 2.41 bits per heavy atom. The minimum atomic E-state index is -1.02. The summed E-state index contributed by atoms with van der Waals surface area (Å²) in [6.45, 7) is 0.397. The highest BCUT2D eigenvalue weighted by Crippen LogP contribution is 2.23. The summed E-state index contributed by atoms with van der Waals surface area (Å²) in [6, 6.07) is 22.8. The minimum absolute atomic E-state index is 0.189. The molecule has 3 rings (SSSR count). The fourth-order valence-corrected chi connectivity index (χ4v) is 2.87. The van der Waals surface area contributed by atoms with Crippen molar-refractivity contribution in [2.24, 2.45) is 0 Å². The first-order valence-electron chi connectivity index (χ1n) is 8.93. The van der Waals surface area contributed by atoms with E-state index in [9.17, 15) is 15.0 Å². The standard InChI is InChI=1S/C22H23NO4/c24-20(12-13-23-22(26)27-15-16-6-2-1-3-7-16)21(25)19-11-10-17-8-4-5-9-18(17)14-19/h1-11,14,20-21,24-25H,12-13,15H2,(H,23,26). The van der Waals surface area contributed by atoms with Crippen LogP contribution in [-0.4, -0.2) is 29.0 Å². The van der Waals surface area contributed by atoms with Gasteiger partial charge in [-0.15, -0.1) is 0 Å². The van der Waals surface area contributed by atoms with Gasteiger partial charge in [0.15, 0.2) is 0 Å². The van der Waals surface area contributed by atoms with Crippen LogP contribution in [0.5, 0.6) is 0 Å². The summed E-state index contributed by atoms with van der Waals surface area (Å²) in [4.78, 5) is 11.7. The SMILES string of the molecule is O=C(NCCC(O)C(O)c1ccc2ccccc2c1)OCc1ccccc1. The molecule has 140 valence electrons. The summed E-state index contributed by atoms with van der Waals surface area (Å²) < 4.78 is 5.11. The monoisotopic (exact) mass is 365 g/mol. The van der Waals surface area contributed by atoms with Crippen molar-refractivity contribution in [1.29, 1.82) is 0 Å². The Morgan fingerprint density at radius 1 is 0.926 bits per heavy atom. The number of fused-ring (bicyclic) bond motifs is 1. The second-order valence-corrected chi connectivity index (χ2v) is 6.40. The normalized spacial score (nSPS) is 13.1. The first kappa shape index (κ1) is 18.9.